The average Bonchev–Trinajstić information content (AvgIpc) is 3.70. The number of carbonyl (C=O) groups is 7. The summed E-state index contributed by atoms with van der Waals surface area (Å²) in [6.07, 6.45) is 5.24. The van der Waals surface area contributed by atoms with Gasteiger partial charge in [0.25, 0.3) is 0 Å². The van der Waals surface area contributed by atoms with Crippen molar-refractivity contribution < 1.29 is 33.6 Å². The molecular formula is C46H55N11O7. The van der Waals surface area contributed by atoms with Gasteiger partial charge < -0.3 is 54.1 Å². The third kappa shape index (κ3) is 12.3. The van der Waals surface area contributed by atoms with E-state index in [0.29, 0.717) is 24.0 Å². The number of H-pyrrole nitrogens is 1. The molecule has 64 heavy (non-hydrogen) atoms. The van der Waals surface area contributed by atoms with E-state index in [4.69, 9.17) is 17.2 Å². The van der Waals surface area contributed by atoms with Crippen molar-refractivity contribution in [2.45, 2.75) is 87.0 Å². The summed E-state index contributed by atoms with van der Waals surface area (Å²) in [5.74, 6) is -5.49. The van der Waals surface area contributed by atoms with Gasteiger partial charge in [-0.05, 0) is 67.2 Å². The van der Waals surface area contributed by atoms with Gasteiger partial charge in [0, 0.05) is 55.2 Å². The highest BCUT2D eigenvalue weighted by molar-refractivity contribution is 6.01. The topological polar surface area (TPSA) is 298 Å². The van der Waals surface area contributed by atoms with E-state index in [1.165, 1.54) is 0 Å². The molecule has 1 aliphatic carbocycles. The van der Waals surface area contributed by atoms with Crippen LogP contribution in [0, 0.1) is 0 Å². The van der Waals surface area contributed by atoms with Crippen LogP contribution in [0.25, 0.3) is 10.9 Å². The summed E-state index contributed by atoms with van der Waals surface area (Å²) in [4.78, 5) is 104. The van der Waals surface area contributed by atoms with Crippen LogP contribution in [-0.4, -0.2) is 95.1 Å². The van der Waals surface area contributed by atoms with Gasteiger partial charge >= 0.3 is 0 Å². The Bertz CT molecular complexity index is 2370. The van der Waals surface area contributed by atoms with Gasteiger partial charge in [0.1, 0.15) is 29.7 Å². The maximum absolute atomic E-state index is 14.7. The van der Waals surface area contributed by atoms with Crippen molar-refractivity contribution in [2.24, 2.45) is 22.2 Å². The highest BCUT2D eigenvalue weighted by Gasteiger charge is 2.44. The molecule has 0 bridgehead atoms. The molecule has 13 N–H and O–H groups in total. The van der Waals surface area contributed by atoms with Crippen LogP contribution in [0.1, 0.15) is 61.1 Å². The summed E-state index contributed by atoms with van der Waals surface area (Å²) in [7, 11) is 0. The Kier molecular flexibility index (Phi) is 15.5. The average molecular weight is 874 g/mol. The second kappa shape index (κ2) is 21.5. The van der Waals surface area contributed by atoms with Crippen molar-refractivity contribution in [3.63, 3.8) is 0 Å². The van der Waals surface area contributed by atoms with E-state index in [9.17, 15) is 33.6 Å². The number of carbonyl (C=O) groups excluding carboxylic acids is 7. The molecule has 2 aliphatic rings. The van der Waals surface area contributed by atoms with Gasteiger partial charge in [0.2, 0.25) is 41.4 Å². The lowest BCUT2D eigenvalue weighted by atomic mass is 9.73. The van der Waals surface area contributed by atoms with Crippen LogP contribution in [0.4, 0.5) is 0 Å². The molecular weight excluding hydrogens is 819 g/mol. The van der Waals surface area contributed by atoms with E-state index in [1.807, 2.05) is 60.7 Å². The number of benzene rings is 3. The van der Waals surface area contributed by atoms with Crippen molar-refractivity contribution in [1.82, 2.24) is 36.9 Å². The lowest BCUT2D eigenvalue weighted by Gasteiger charge is -2.40. The fraction of sp³-hybridized carbons (Fsp3) is 0.348. The van der Waals surface area contributed by atoms with Gasteiger partial charge in [-0.1, -0.05) is 78.9 Å². The molecule has 3 aromatic carbocycles. The van der Waals surface area contributed by atoms with Gasteiger partial charge in [-0.3, -0.25) is 38.6 Å². The fourth-order valence-corrected chi connectivity index (χ4v) is 8.17. The molecule has 4 atom stereocenters. The third-order valence-electron chi connectivity index (χ3n) is 11.6. The zero-order valence-electron chi connectivity index (χ0n) is 35.3. The summed E-state index contributed by atoms with van der Waals surface area (Å²) >= 11 is 0. The molecule has 2 heterocycles. The Morgan fingerprint density at radius 2 is 1.30 bits per heavy atom. The van der Waals surface area contributed by atoms with Crippen LogP contribution in [-0.2, 0) is 46.4 Å². The Morgan fingerprint density at radius 3 is 2.00 bits per heavy atom. The fourth-order valence-electron chi connectivity index (χ4n) is 8.17. The lowest BCUT2D eigenvalue weighted by molar-refractivity contribution is -0.137. The maximum Gasteiger partial charge on any atom is 0.246 e. The predicted octanol–water partition coefficient (Wildman–Crippen LogP) is 0.330. The highest BCUT2D eigenvalue weighted by atomic mass is 16.2. The summed E-state index contributed by atoms with van der Waals surface area (Å²) in [5, 5.41) is 17.1. The van der Waals surface area contributed by atoms with Crippen LogP contribution in [0.3, 0.4) is 0 Å². The van der Waals surface area contributed by atoms with E-state index >= 15 is 0 Å². The maximum atomic E-state index is 14.7. The van der Waals surface area contributed by atoms with Gasteiger partial charge in [0.05, 0.1) is 0 Å². The molecule has 0 saturated heterocycles. The number of aromatic amines is 1. The first kappa shape index (κ1) is 46.0. The summed E-state index contributed by atoms with van der Waals surface area (Å²) in [6.45, 7) is -0.350. The number of guanidine groups is 1. The van der Waals surface area contributed by atoms with E-state index in [-0.39, 0.29) is 56.9 Å². The largest absolute Gasteiger partial charge is 0.370 e. The SMILES string of the molecule is NC(=O)[C@@H]1CNC(=O)C=CC(=O)NC2(CCC(c3ccccc3)CC2)C(=O)N[C@H](Cc2ccccc2)C(=O)N[C@@H](CCCN=C(N)N)C(=O)N[C@@H](Cc2c[nH]c3ccccc23)C(=O)N1. The molecule has 0 unspecified atom stereocenters. The quantitative estimate of drug-likeness (QED) is 0.0596. The van der Waals surface area contributed by atoms with E-state index in [2.05, 4.69) is 41.9 Å². The van der Waals surface area contributed by atoms with Crippen LogP contribution in [0.2, 0.25) is 0 Å². The van der Waals surface area contributed by atoms with Gasteiger partial charge in [0.15, 0.2) is 5.96 Å². The number of aliphatic imine (C=N–C) groups is 1. The number of primary amides is 1. The molecule has 18 heteroatoms. The standard InChI is InChI=1S/C46H55N11O7/c47-40(60)37-27-52-38(58)17-18-39(59)57-46(21-19-30(20-22-46)29-12-5-2-6-13-29)44(64)56-35(24-28-10-3-1-4-11-28)42(62)53-34(16-9-23-50-45(48)49)41(61)54-36(43(63)55-37)25-31-26-51-33-15-8-7-14-32(31)33/h1-8,10-15,17-18,26,30,34-37,51H,9,16,19-25,27H2,(H2,47,60)(H,52,58)(H,53,62)(H,54,61)(H,55,63)(H,56,64)(H,57,59)(H4,48,49,50)/t30?,34-,35+,36-,37-,46?/m0/s1. The minimum absolute atomic E-state index is 0.00489. The van der Waals surface area contributed by atoms with Crippen LogP contribution < -0.4 is 49.1 Å². The molecule has 336 valence electrons. The zero-order chi connectivity index (χ0) is 45.6. The molecule has 1 saturated carbocycles. The Hall–Kier alpha value is -7.50. The first-order chi connectivity index (χ1) is 30.8. The first-order valence-electron chi connectivity index (χ1n) is 21.3. The molecule has 1 aromatic heterocycles. The normalized spacial score (nSPS) is 24.0. The Labute approximate surface area is 370 Å². The van der Waals surface area contributed by atoms with Crippen molar-refractivity contribution in [3.05, 3.63) is 120 Å². The number of hydrogen-bond acceptors (Lipinski definition) is 8. The summed E-state index contributed by atoms with van der Waals surface area (Å²) in [6, 6.07) is 20.8. The highest BCUT2D eigenvalue weighted by Crippen LogP contribution is 2.38. The minimum Gasteiger partial charge on any atom is -0.370 e. The lowest BCUT2D eigenvalue weighted by Crippen LogP contribution is -2.64. The second-order valence-electron chi connectivity index (χ2n) is 16.1. The van der Waals surface area contributed by atoms with Crippen LogP contribution >= 0.6 is 0 Å². The van der Waals surface area contributed by atoms with Crippen molar-refractivity contribution in [2.75, 3.05) is 13.1 Å². The van der Waals surface area contributed by atoms with E-state index in [0.717, 1.165) is 28.6 Å². The van der Waals surface area contributed by atoms with Crippen molar-refractivity contribution in [1.29, 1.82) is 0 Å². The number of rotatable bonds is 10. The summed E-state index contributed by atoms with van der Waals surface area (Å²) in [5.41, 5.74) is 18.5. The number of fused-ring (bicyclic) bond motifs is 1. The number of amides is 7. The monoisotopic (exact) mass is 873 g/mol. The third-order valence-corrected chi connectivity index (χ3v) is 11.6. The molecule has 4 aromatic rings. The number of para-hydroxylation sites is 1. The zero-order valence-corrected chi connectivity index (χ0v) is 35.3. The summed E-state index contributed by atoms with van der Waals surface area (Å²) < 4.78 is 0. The van der Waals surface area contributed by atoms with E-state index in [1.54, 1.807) is 30.5 Å². The molecule has 1 aliphatic heterocycles. The molecule has 1 fully saturated rings. The van der Waals surface area contributed by atoms with Gasteiger partial charge in [-0.25, -0.2) is 0 Å². The number of aromatic nitrogens is 1. The molecule has 18 nitrogen and oxygen atoms in total. The number of nitrogens with one attached hydrogen (secondary N) is 7. The van der Waals surface area contributed by atoms with Crippen molar-refractivity contribution >= 4 is 58.2 Å². The van der Waals surface area contributed by atoms with Crippen LogP contribution in [0.15, 0.2) is 108 Å². The van der Waals surface area contributed by atoms with Gasteiger partial charge in [-0.15, -0.1) is 0 Å². The number of nitrogens with two attached hydrogens (primary N) is 3. The van der Waals surface area contributed by atoms with E-state index < -0.39 is 77.6 Å². The first-order valence-corrected chi connectivity index (χ1v) is 21.3. The second-order valence-corrected chi connectivity index (χ2v) is 16.1. The number of nitrogens with zero attached hydrogens (tertiary/aromatic N) is 1. The molecule has 0 radical (unpaired) electrons. The number of hydrogen-bond donors (Lipinski definition) is 10. The molecule has 6 rings (SSSR count). The Balaban J connectivity index is 1.37. The van der Waals surface area contributed by atoms with Crippen molar-refractivity contribution in [3.8, 4) is 0 Å². The Morgan fingerprint density at radius 1 is 0.688 bits per heavy atom. The molecule has 7 amide bonds. The minimum atomic E-state index is -1.49. The van der Waals surface area contributed by atoms with Crippen LogP contribution in [0.5, 0.6) is 0 Å². The smallest absolute Gasteiger partial charge is 0.246 e. The van der Waals surface area contributed by atoms with Gasteiger partial charge in [-0.2, -0.15) is 0 Å². The predicted molar refractivity (Wildman–Crippen MR) is 240 cm³/mol. The molecule has 1 spiro atoms.